The van der Waals surface area contributed by atoms with Crippen molar-refractivity contribution in [2.75, 3.05) is 5.32 Å². The topological polar surface area (TPSA) is 105 Å². The molecule has 1 unspecified atom stereocenters. The second kappa shape index (κ2) is 8.76. The maximum atomic E-state index is 12.7. The first-order valence-corrected chi connectivity index (χ1v) is 11.1. The molecule has 0 bridgehead atoms. The zero-order chi connectivity index (χ0) is 20.2. The highest BCUT2D eigenvalue weighted by Crippen LogP contribution is 2.37. The molecule has 148 valence electrons. The number of nitriles is 1. The first kappa shape index (κ1) is 19.6. The number of carbonyl (C=O) groups is 1. The van der Waals surface area contributed by atoms with Crippen LogP contribution in [0.2, 0.25) is 0 Å². The number of hydrogen-bond donors (Lipinski definition) is 1. The van der Waals surface area contributed by atoms with E-state index in [-0.39, 0.29) is 5.91 Å². The van der Waals surface area contributed by atoms with Crippen LogP contribution in [0.1, 0.15) is 42.2 Å². The minimum atomic E-state index is -0.453. The number of amides is 1. The van der Waals surface area contributed by atoms with E-state index in [1.54, 1.807) is 25.4 Å². The van der Waals surface area contributed by atoms with Gasteiger partial charge in [-0.3, -0.25) is 9.78 Å². The minimum absolute atomic E-state index is 0.191. The van der Waals surface area contributed by atoms with Crippen molar-refractivity contribution in [1.29, 1.82) is 5.26 Å². The smallest absolute Gasteiger partial charge is 0.277 e. The van der Waals surface area contributed by atoms with E-state index in [1.807, 2.05) is 6.07 Å². The van der Waals surface area contributed by atoms with Gasteiger partial charge in [0, 0.05) is 17.3 Å². The predicted molar refractivity (Wildman–Crippen MR) is 112 cm³/mol. The molecule has 4 rings (SSSR count). The number of hydrogen-bond acceptors (Lipinski definition) is 8. The Bertz CT molecular complexity index is 1050. The molecule has 0 saturated heterocycles. The van der Waals surface area contributed by atoms with Gasteiger partial charge in [-0.1, -0.05) is 18.2 Å². The number of fused-ring (bicyclic) bond motifs is 1. The van der Waals surface area contributed by atoms with Crippen molar-refractivity contribution in [3.05, 3.63) is 40.5 Å². The third-order valence-electron chi connectivity index (χ3n) is 4.73. The molecule has 1 amide bonds. The van der Waals surface area contributed by atoms with Gasteiger partial charge in [0.15, 0.2) is 0 Å². The van der Waals surface area contributed by atoms with Crippen LogP contribution in [0.3, 0.4) is 0 Å². The molecule has 0 aromatic carbocycles. The molecule has 0 fully saturated rings. The molecule has 3 aromatic heterocycles. The van der Waals surface area contributed by atoms with Crippen LogP contribution in [0.15, 0.2) is 34.2 Å². The molecule has 1 aliphatic rings. The fraction of sp³-hybridized carbons (Fsp3) is 0.350. The van der Waals surface area contributed by atoms with Crippen LogP contribution in [0, 0.1) is 11.3 Å². The Balaban J connectivity index is 1.44. The fourth-order valence-electron chi connectivity index (χ4n) is 3.23. The normalized spacial score (nSPS) is 14.5. The van der Waals surface area contributed by atoms with Gasteiger partial charge in [0.05, 0.1) is 16.4 Å². The molecule has 3 heterocycles. The molecule has 0 radical (unpaired) electrons. The first-order chi connectivity index (χ1) is 14.2. The van der Waals surface area contributed by atoms with Gasteiger partial charge in [0.25, 0.3) is 5.22 Å². The number of aryl methyl sites for hydroxylation is 1. The van der Waals surface area contributed by atoms with Gasteiger partial charge in [-0.25, -0.2) is 0 Å². The largest absolute Gasteiger partial charge is 0.411 e. The number of thioether (sulfide) groups is 1. The van der Waals surface area contributed by atoms with Crippen molar-refractivity contribution < 1.29 is 9.21 Å². The van der Waals surface area contributed by atoms with E-state index in [1.165, 1.54) is 34.4 Å². The maximum Gasteiger partial charge on any atom is 0.277 e. The van der Waals surface area contributed by atoms with Crippen molar-refractivity contribution in [2.24, 2.45) is 0 Å². The van der Waals surface area contributed by atoms with Crippen molar-refractivity contribution in [3.8, 4) is 17.5 Å². The van der Waals surface area contributed by atoms with Gasteiger partial charge in [-0.05, 0) is 50.3 Å². The van der Waals surface area contributed by atoms with E-state index < -0.39 is 5.25 Å². The molecule has 1 N–H and O–H groups in total. The Hall–Kier alpha value is -2.70. The van der Waals surface area contributed by atoms with E-state index in [4.69, 9.17) is 4.42 Å². The Labute approximate surface area is 176 Å². The molecule has 9 heteroatoms. The summed E-state index contributed by atoms with van der Waals surface area (Å²) in [5.41, 5.74) is 2.46. The van der Waals surface area contributed by atoms with Gasteiger partial charge in [-0.2, -0.15) is 5.26 Å². The van der Waals surface area contributed by atoms with Crippen molar-refractivity contribution >= 4 is 34.0 Å². The summed E-state index contributed by atoms with van der Waals surface area (Å²) < 4.78 is 5.64. The molecule has 3 aromatic rings. The lowest BCUT2D eigenvalue weighted by atomic mass is 10.1. The van der Waals surface area contributed by atoms with Crippen LogP contribution in [-0.2, 0) is 17.6 Å². The van der Waals surface area contributed by atoms with E-state index >= 15 is 0 Å². The molecule has 1 atom stereocenters. The molecule has 0 aliphatic heterocycles. The van der Waals surface area contributed by atoms with E-state index in [9.17, 15) is 10.1 Å². The predicted octanol–water partition coefficient (Wildman–Crippen LogP) is 4.45. The number of nitrogens with one attached hydrogen (secondary N) is 1. The van der Waals surface area contributed by atoms with Gasteiger partial charge < -0.3 is 9.73 Å². The summed E-state index contributed by atoms with van der Waals surface area (Å²) in [6, 6.07) is 5.91. The number of aromatic nitrogens is 3. The van der Waals surface area contributed by atoms with E-state index in [0.717, 1.165) is 36.8 Å². The highest BCUT2D eigenvalue weighted by molar-refractivity contribution is 8.00. The third kappa shape index (κ3) is 4.33. The van der Waals surface area contributed by atoms with Crippen LogP contribution >= 0.6 is 23.1 Å². The summed E-state index contributed by atoms with van der Waals surface area (Å²) in [6.45, 7) is 1.78. The Morgan fingerprint density at radius 1 is 1.34 bits per heavy atom. The lowest BCUT2D eigenvalue weighted by Gasteiger charge is -2.09. The summed E-state index contributed by atoms with van der Waals surface area (Å²) >= 11 is 2.72. The highest BCUT2D eigenvalue weighted by Gasteiger charge is 2.24. The number of thiophene rings is 1. The van der Waals surface area contributed by atoms with Crippen LogP contribution in [0.25, 0.3) is 11.5 Å². The lowest BCUT2D eigenvalue weighted by Crippen LogP contribution is -2.22. The zero-order valence-corrected chi connectivity index (χ0v) is 17.5. The van der Waals surface area contributed by atoms with E-state index in [2.05, 4.69) is 26.6 Å². The monoisotopic (exact) mass is 425 g/mol. The summed E-state index contributed by atoms with van der Waals surface area (Å²) in [6.07, 6.45) is 8.61. The molecule has 1 aliphatic carbocycles. The summed E-state index contributed by atoms with van der Waals surface area (Å²) in [7, 11) is 0. The van der Waals surface area contributed by atoms with Crippen molar-refractivity contribution in [3.63, 3.8) is 0 Å². The second-order valence-corrected chi connectivity index (χ2v) is 9.14. The average molecular weight is 426 g/mol. The Morgan fingerprint density at radius 3 is 3.00 bits per heavy atom. The molecule has 29 heavy (non-hydrogen) atoms. The molecule has 7 nitrogen and oxygen atoms in total. The lowest BCUT2D eigenvalue weighted by molar-refractivity contribution is -0.115. The van der Waals surface area contributed by atoms with Crippen LogP contribution in [-0.4, -0.2) is 26.3 Å². The Kier molecular flexibility index (Phi) is 5.92. The number of rotatable bonds is 5. The van der Waals surface area contributed by atoms with Gasteiger partial charge in [0.2, 0.25) is 11.8 Å². The minimum Gasteiger partial charge on any atom is -0.411 e. The molecular formula is C20H19N5O2S2. The number of pyridine rings is 1. The second-order valence-electron chi connectivity index (χ2n) is 6.74. The highest BCUT2D eigenvalue weighted by atomic mass is 32.2. The molecular weight excluding hydrogens is 406 g/mol. The van der Waals surface area contributed by atoms with Gasteiger partial charge in [0.1, 0.15) is 11.1 Å². The summed E-state index contributed by atoms with van der Waals surface area (Å²) in [5.74, 6) is 0.172. The standard InChI is InChI=1S/C20H19N5O2S2/c1-12(28-20-25-24-18(27-20)13-6-5-9-22-11-13)17(26)23-19-15(10-21)14-7-3-2-4-8-16(14)29-19/h5-6,9,11-12H,2-4,7-8H2,1H3,(H,23,26). The van der Waals surface area contributed by atoms with E-state index in [0.29, 0.717) is 21.7 Å². The van der Waals surface area contributed by atoms with Crippen molar-refractivity contribution in [1.82, 2.24) is 15.2 Å². The summed E-state index contributed by atoms with van der Waals surface area (Å²) in [5, 5.41) is 21.1. The van der Waals surface area contributed by atoms with Crippen LogP contribution in [0.4, 0.5) is 5.00 Å². The third-order valence-corrected chi connectivity index (χ3v) is 6.87. The molecule has 0 spiro atoms. The zero-order valence-electron chi connectivity index (χ0n) is 15.8. The van der Waals surface area contributed by atoms with Gasteiger partial charge in [-0.15, -0.1) is 21.5 Å². The molecule has 0 saturated carbocycles. The number of carbonyl (C=O) groups excluding carboxylic acids is 1. The van der Waals surface area contributed by atoms with Crippen molar-refractivity contribution in [2.45, 2.75) is 49.5 Å². The quantitative estimate of drug-likeness (QED) is 0.475. The van der Waals surface area contributed by atoms with Crippen LogP contribution in [0.5, 0.6) is 0 Å². The van der Waals surface area contributed by atoms with Gasteiger partial charge >= 0.3 is 0 Å². The Morgan fingerprint density at radius 2 is 2.21 bits per heavy atom. The average Bonchev–Trinajstić information content (AvgIpc) is 3.25. The fourth-order valence-corrected chi connectivity index (χ4v) is 5.16. The number of nitrogens with zero attached hydrogens (tertiary/aromatic N) is 4. The maximum absolute atomic E-state index is 12.7. The SMILES string of the molecule is CC(Sc1nnc(-c2cccnc2)o1)C(=O)Nc1sc2c(c1C#N)CCCCC2. The number of anilines is 1. The first-order valence-electron chi connectivity index (χ1n) is 9.41. The summed E-state index contributed by atoms with van der Waals surface area (Å²) in [4.78, 5) is 18.0. The van der Waals surface area contributed by atoms with Crippen LogP contribution < -0.4 is 5.32 Å².